The summed E-state index contributed by atoms with van der Waals surface area (Å²) in [6, 6.07) is 4.46. The maximum atomic E-state index is 13.3. The minimum absolute atomic E-state index is 0.0179. The predicted octanol–water partition coefficient (Wildman–Crippen LogP) is 3.11. The van der Waals surface area contributed by atoms with E-state index in [1.165, 1.54) is 12.1 Å². The van der Waals surface area contributed by atoms with Crippen molar-refractivity contribution >= 4 is 11.6 Å². The highest BCUT2D eigenvalue weighted by Crippen LogP contribution is 2.23. The number of aryl methyl sites for hydroxylation is 1. The third-order valence-corrected chi connectivity index (χ3v) is 3.42. The molecule has 0 bridgehead atoms. The molecule has 0 radical (unpaired) electrons. The highest BCUT2D eigenvalue weighted by atomic mass is 35.5. The number of hydrogen-bond acceptors (Lipinski definition) is 2. The summed E-state index contributed by atoms with van der Waals surface area (Å²) in [5.74, 6) is 0.650. The smallest absolute Gasteiger partial charge is 0.125 e. The molecule has 1 heterocycles. The molecule has 1 N–H and O–H groups in total. The van der Waals surface area contributed by atoms with E-state index in [-0.39, 0.29) is 11.9 Å². The van der Waals surface area contributed by atoms with Crippen molar-refractivity contribution in [1.29, 1.82) is 0 Å². The number of nitrogens with one attached hydrogen (secondary N) is 1. The summed E-state index contributed by atoms with van der Waals surface area (Å²) in [6.07, 6.45) is 4.26. The Labute approximate surface area is 117 Å². The number of aromatic nitrogens is 2. The lowest BCUT2D eigenvalue weighted by Crippen LogP contribution is -2.25. The largest absolute Gasteiger partial charge is 0.337 e. The summed E-state index contributed by atoms with van der Waals surface area (Å²) in [5.41, 5.74) is 0.788. The van der Waals surface area contributed by atoms with Crippen molar-refractivity contribution < 1.29 is 4.39 Å². The predicted molar refractivity (Wildman–Crippen MR) is 74.7 cm³/mol. The van der Waals surface area contributed by atoms with Gasteiger partial charge in [0.25, 0.3) is 0 Å². The van der Waals surface area contributed by atoms with E-state index in [0.29, 0.717) is 11.4 Å². The van der Waals surface area contributed by atoms with Gasteiger partial charge in [0.2, 0.25) is 0 Å². The zero-order valence-electron chi connectivity index (χ0n) is 11.0. The minimum Gasteiger partial charge on any atom is -0.337 e. The molecule has 1 aromatic heterocycles. The molecule has 0 saturated carbocycles. The molecule has 2 aromatic rings. The van der Waals surface area contributed by atoms with Crippen LogP contribution in [-0.2, 0) is 13.5 Å². The first-order valence-electron chi connectivity index (χ1n) is 6.26. The first kappa shape index (κ1) is 14.0. The third kappa shape index (κ3) is 3.33. The van der Waals surface area contributed by atoms with Crippen molar-refractivity contribution in [3.8, 4) is 0 Å². The number of hydrogen-bond donors (Lipinski definition) is 1. The molecule has 2 rings (SSSR count). The van der Waals surface area contributed by atoms with Gasteiger partial charge in [-0.1, -0.05) is 18.5 Å². The van der Waals surface area contributed by atoms with Crippen molar-refractivity contribution in [3.05, 3.63) is 52.8 Å². The molecule has 0 fully saturated rings. The molecule has 0 aliphatic heterocycles. The SMILES string of the molecule is CCNC(Cc1cc(F)ccc1Cl)c1nccn1C. The van der Waals surface area contributed by atoms with Crippen molar-refractivity contribution in [3.63, 3.8) is 0 Å². The summed E-state index contributed by atoms with van der Waals surface area (Å²) < 4.78 is 15.3. The van der Waals surface area contributed by atoms with Crippen LogP contribution < -0.4 is 5.32 Å². The number of nitrogens with zero attached hydrogens (tertiary/aromatic N) is 2. The molecule has 5 heteroatoms. The van der Waals surface area contributed by atoms with Crippen LogP contribution in [0.2, 0.25) is 5.02 Å². The second kappa shape index (κ2) is 6.17. The van der Waals surface area contributed by atoms with Crippen molar-refractivity contribution in [1.82, 2.24) is 14.9 Å². The number of imidazole rings is 1. The van der Waals surface area contributed by atoms with Gasteiger partial charge in [0.15, 0.2) is 0 Å². The summed E-state index contributed by atoms with van der Waals surface area (Å²) in [4.78, 5) is 4.35. The van der Waals surface area contributed by atoms with Crippen molar-refractivity contribution in [2.24, 2.45) is 7.05 Å². The molecule has 102 valence electrons. The maximum Gasteiger partial charge on any atom is 0.125 e. The topological polar surface area (TPSA) is 29.9 Å². The Morgan fingerprint density at radius 3 is 2.89 bits per heavy atom. The summed E-state index contributed by atoms with van der Waals surface area (Å²) in [5, 5.41) is 3.94. The van der Waals surface area contributed by atoms with Crippen molar-refractivity contribution in [2.45, 2.75) is 19.4 Å². The monoisotopic (exact) mass is 281 g/mol. The normalized spacial score (nSPS) is 12.6. The molecular formula is C14H17ClFN3. The summed E-state index contributed by atoms with van der Waals surface area (Å²) >= 11 is 6.12. The van der Waals surface area contributed by atoms with Crippen LogP contribution in [0.5, 0.6) is 0 Å². The van der Waals surface area contributed by atoms with Crippen LogP contribution in [0.4, 0.5) is 4.39 Å². The van der Waals surface area contributed by atoms with Gasteiger partial charge in [-0.25, -0.2) is 9.37 Å². The molecule has 19 heavy (non-hydrogen) atoms. The standard InChI is InChI=1S/C14H17ClFN3/c1-3-17-13(14-18-6-7-19(14)2)9-10-8-11(16)4-5-12(10)15/h4-8,13,17H,3,9H2,1-2H3. The van der Waals surface area contributed by atoms with Gasteiger partial charge in [-0.15, -0.1) is 0 Å². The Balaban J connectivity index is 2.26. The molecule has 1 unspecified atom stereocenters. The van der Waals surface area contributed by atoms with Crippen LogP contribution in [-0.4, -0.2) is 16.1 Å². The summed E-state index contributed by atoms with van der Waals surface area (Å²) in [7, 11) is 1.94. The van der Waals surface area contributed by atoms with E-state index >= 15 is 0 Å². The van der Waals surface area contributed by atoms with Gasteiger partial charge in [0.05, 0.1) is 6.04 Å². The Bertz CT molecular complexity index is 553. The van der Waals surface area contributed by atoms with Gasteiger partial charge in [0.1, 0.15) is 11.6 Å². The molecule has 3 nitrogen and oxygen atoms in total. The van der Waals surface area contributed by atoms with Crippen LogP contribution >= 0.6 is 11.6 Å². The van der Waals surface area contributed by atoms with Gasteiger partial charge in [0, 0.05) is 24.5 Å². The highest BCUT2D eigenvalue weighted by molar-refractivity contribution is 6.31. The first-order chi connectivity index (χ1) is 9.11. The average Bonchev–Trinajstić information content (AvgIpc) is 2.79. The van der Waals surface area contributed by atoms with Crippen LogP contribution in [0.3, 0.4) is 0 Å². The molecule has 0 aliphatic rings. The molecule has 1 atom stereocenters. The highest BCUT2D eigenvalue weighted by Gasteiger charge is 2.17. The number of likely N-dealkylation sites (N-methyl/N-ethyl adjacent to an activating group) is 1. The Morgan fingerprint density at radius 1 is 1.47 bits per heavy atom. The van der Waals surface area contributed by atoms with E-state index < -0.39 is 0 Å². The van der Waals surface area contributed by atoms with Crippen molar-refractivity contribution in [2.75, 3.05) is 6.54 Å². The van der Waals surface area contributed by atoms with Crippen LogP contribution in [0.15, 0.2) is 30.6 Å². The molecular weight excluding hydrogens is 265 g/mol. The number of benzene rings is 1. The number of halogens is 2. The lowest BCUT2D eigenvalue weighted by molar-refractivity contribution is 0.505. The summed E-state index contributed by atoms with van der Waals surface area (Å²) in [6.45, 7) is 2.84. The van der Waals surface area contributed by atoms with E-state index in [0.717, 1.165) is 17.9 Å². The van der Waals surface area contributed by atoms with E-state index in [2.05, 4.69) is 10.3 Å². The third-order valence-electron chi connectivity index (χ3n) is 3.05. The quantitative estimate of drug-likeness (QED) is 0.913. The molecule has 0 amide bonds. The second-order valence-electron chi connectivity index (χ2n) is 4.45. The fourth-order valence-electron chi connectivity index (χ4n) is 2.13. The van der Waals surface area contributed by atoms with Gasteiger partial charge in [-0.05, 0) is 36.7 Å². The molecule has 0 saturated heterocycles. The minimum atomic E-state index is -0.269. The van der Waals surface area contributed by atoms with Gasteiger partial charge >= 0.3 is 0 Å². The molecule has 1 aromatic carbocycles. The van der Waals surface area contributed by atoms with E-state index in [1.807, 2.05) is 24.7 Å². The lowest BCUT2D eigenvalue weighted by atomic mass is 10.0. The van der Waals surface area contributed by atoms with Gasteiger partial charge < -0.3 is 9.88 Å². The van der Waals surface area contributed by atoms with Gasteiger partial charge in [-0.2, -0.15) is 0 Å². The molecule has 0 spiro atoms. The molecule has 0 aliphatic carbocycles. The maximum absolute atomic E-state index is 13.3. The lowest BCUT2D eigenvalue weighted by Gasteiger charge is -2.18. The second-order valence-corrected chi connectivity index (χ2v) is 4.85. The van der Waals surface area contributed by atoms with Crippen LogP contribution in [0, 0.1) is 5.82 Å². The van der Waals surface area contributed by atoms with E-state index in [9.17, 15) is 4.39 Å². The van der Waals surface area contributed by atoms with Crippen LogP contribution in [0.25, 0.3) is 0 Å². The average molecular weight is 282 g/mol. The zero-order chi connectivity index (χ0) is 13.8. The number of rotatable bonds is 5. The van der Waals surface area contributed by atoms with Gasteiger partial charge in [-0.3, -0.25) is 0 Å². The first-order valence-corrected chi connectivity index (χ1v) is 6.64. The Kier molecular flexibility index (Phi) is 4.56. The van der Waals surface area contributed by atoms with E-state index in [1.54, 1.807) is 12.3 Å². The zero-order valence-corrected chi connectivity index (χ0v) is 11.8. The Hall–Kier alpha value is -1.39. The van der Waals surface area contributed by atoms with Crippen LogP contribution in [0.1, 0.15) is 24.4 Å². The Morgan fingerprint density at radius 2 is 2.26 bits per heavy atom. The van der Waals surface area contributed by atoms with E-state index in [4.69, 9.17) is 11.6 Å². The fraction of sp³-hybridized carbons (Fsp3) is 0.357. The fourth-order valence-corrected chi connectivity index (χ4v) is 2.33.